The van der Waals surface area contributed by atoms with E-state index in [1.54, 1.807) is 10.9 Å². The van der Waals surface area contributed by atoms with E-state index in [9.17, 15) is 9.59 Å². The van der Waals surface area contributed by atoms with Crippen LogP contribution in [0.1, 0.15) is 49.0 Å². The van der Waals surface area contributed by atoms with Crippen LogP contribution in [0.25, 0.3) is 0 Å². The topological polar surface area (TPSA) is 71.5 Å². The SMILES string of the molecule is O=C(NC[C@H]1CO[C@@H]2CN(C(=O)C34CC5CC(CC(C5)C3)C4)C[C@H]12)c1cscn1. The Bertz CT molecular complexity index is 775. The molecule has 1 aromatic heterocycles. The summed E-state index contributed by atoms with van der Waals surface area (Å²) in [5.74, 6) is 3.28. The average molecular weight is 416 g/mol. The Hall–Kier alpha value is -1.47. The molecule has 2 amide bonds. The molecule has 2 aliphatic heterocycles. The van der Waals surface area contributed by atoms with Crippen LogP contribution in [0.4, 0.5) is 0 Å². The average Bonchev–Trinajstić information content (AvgIpc) is 3.42. The van der Waals surface area contributed by atoms with Gasteiger partial charge in [0.15, 0.2) is 0 Å². The van der Waals surface area contributed by atoms with E-state index >= 15 is 0 Å². The molecule has 7 heteroatoms. The molecule has 0 spiro atoms. The summed E-state index contributed by atoms with van der Waals surface area (Å²) in [6, 6.07) is 0. The Kier molecular flexibility index (Phi) is 4.28. The van der Waals surface area contributed by atoms with Crippen molar-refractivity contribution in [3.63, 3.8) is 0 Å². The first kappa shape index (κ1) is 18.3. The Labute approximate surface area is 175 Å². The maximum atomic E-state index is 13.7. The normalized spacial score (nSPS) is 42.3. The minimum atomic E-state index is -0.116. The zero-order chi connectivity index (χ0) is 19.6. The van der Waals surface area contributed by atoms with Crippen LogP contribution >= 0.6 is 11.3 Å². The smallest absolute Gasteiger partial charge is 0.270 e. The number of nitrogens with zero attached hydrogens (tertiary/aromatic N) is 2. The molecule has 1 aromatic rings. The molecule has 2 saturated heterocycles. The molecule has 3 heterocycles. The number of thiazole rings is 1. The standard InChI is InChI=1S/C22H29N3O3S/c26-20(18-11-29-12-24-18)23-7-16-10-28-19-9-25(8-17(16)19)21(27)22-4-13-1-14(5-22)3-15(2-13)6-22/h11-17,19H,1-10H2,(H,23,26)/t13?,14?,15?,16-,17+,19+,22?/m0/s1. The number of carbonyl (C=O) groups is 2. The number of aromatic nitrogens is 1. The maximum absolute atomic E-state index is 13.7. The Morgan fingerprint density at radius 1 is 1.17 bits per heavy atom. The van der Waals surface area contributed by atoms with Crippen LogP contribution in [0.15, 0.2) is 10.9 Å². The van der Waals surface area contributed by atoms with Gasteiger partial charge in [-0.05, 0) is 56.3 Å². The molecular weight excluding hydrogens is 386 g/mol. The Balaban J connectivity index is 1.10. The van der Waals surface area contributed by atoms with E-state index in [0.29, 0.717) is 30.7 Å². The van der Waals surface area contributed by atoms with Crippen molar-refractivity contribution >= 4 is 23.2 Å². The molecule has 4 saturated carbocycles. The number of amides is 2. The largest absolute Gasteiger partial charge is 0.376 e. The molecule has 6 aliphatic rings. The number of fused-ring (bicyclic) bond motifs is 1. The fourth-order valence-corrected chi connectivity index (χ4v) is 8.05. The maximum Gasteiger partial charge on any atom is 0.270 e. The predicted octanol–water partition coefficient (Wildman–Crippen LogP) is 2.56. The van der Waals surface area contributed by atoms with E-state index in [1.807, 2.05) is 0 Å². The molecule has 1 N–H and O–H groups in total. The first-order valence-electron chi connectivity index (χ1n) is 11.2. The van der Waals surface area contributed by atoms with E-state index in [4.69, 9.17) is 4.74 Å². The minimum absolute atomic E-state index is 0.0677. The third-order valence-corrected chi connectivity index (χ3v) is 8.99. The first-order chi connectivity index (χ1) is 14.1. The molecule has 3 atom stereocenters. The van der Waals surface area contributed by atoms with Crippen molar-refractivity contribution in [3.05, 3.63) is 16.6 Å². The number of carbonyl (C=O) groups excluding carboxylic acids is 2. The minimum Gasteiger partial charge on any atom is -0.376 e. The highest BCUT2D eigenvalue weighted by molar-refractivity contribution is 7.07. The van der Waals surface area contributed by atoms with Gasteiger partial charge in [0.05, 0.1) is 23.6 Å². The van der Waals surface area contributed by atoms with Crippen LogP contribution in [-0.2, 0) is 9.53 Å². The lowest BCUT2D eigenvalue weighted by Crippen LogP contribution is -2.54. The summed E-state index contributed by atoms with van der Waals surface area (Å²) in [5.41, 5.74) is 2.09. The fourth-order valence-electron chi connectivity index (χ4n) is 7.52. The van der Waals surface area contributed by atoms with Crippen molar-refractivity contribution < 1.29 is 14.3 Å². The molecule has 156 valence electrons. The lowest BCUT2D eigenvalue weighted by molar-refractivity contribution is -0.157. The van der Waals surface area contributed by atoms with Crippen molar-refractivity contribution in [1.82, 2.24) is 15.2 Å². The molecule has 0 aromatic carbocycles. The van der Waals surface area contributed by atoms with Gasteiger partial charge in [0.1, 0.15) is 5.69 Å². The molecule has 29 heavy (non-hydrogen) atoms. The lowest BCUT2D eigenvalue weighted by atomic mass is 9.49. The summed E-state index contributed by atoms with van der Waals surface area (Å²) >= 11 is 1.43. The fraction of sp³-hybridized carbons (Fsp3) is 0.773. The number of rotatable bonds is 4. The lowest BCUT2D eigenvalue weighted by Gasteiger charge is -2.56. The zero-order valence-electron chi connectivity index (χ0n) is 16.7. The van der Waals surface area contributed by atoms with Gasteiger partial charge < -0.3 is 15.0 Å². The van der Waals surface area contributed by atoms with Gasteiger partial charge >= 0.3 is 0 Å². The first-order valence-corrected chi connectivity index (χ1v) is 12.1. The molecule has 0 radical (unpaired) electrons. The molecule has 6 nitrogen and oxygen atoms in total. The van der Waals surface area contributed by atoms with Crippen LogP contribution in [-0.4, -0.2) is 54.0 Å². The van der Waals surface area contributed by atoms with Crippen molar-refractivity contribution in [2.45, 2.75) is 44.6 Å². The molecule has 4 bridgehead atoms. The van der Waals surface area contributed by atoms with Crippen molar-refractivity contribution in [1.29, 1.82) is 0 Å². The van der Waals surface area contributed by atoms with Crippen molar-refractivity contribution in [2.24, 2.45) is 35.0 Å². The summed E-state index contributed by atoms with van der Waals surface area (Å²) in [5, 5.41) is 4.78. The van der Waals surface area contributed by atoms with E-state index in [1.165, 1.54) is 30.6 Å². The number of hydrogen-bond donors (Lipinski definition) is 1. The highest BCUT2D eigenvalue weighted by atomic mass is 32.1. The second kappa shape index (κ2) is 6.77. The van der Waals surface area contributed by atoms with Crippen LogP contribution in [0, 0.1) is 35.0 Å². The van der Waals surface area contributed by atoms with Crippen molar-refractivity contribution in [3.8, 4) is 0 Å². The number of likely N-dealkylation sites (tertiary alicyclic amines) is 1. The van der Waals surface area contributed by atoms with Crippen LogP contribution in [0.3, 0.4) is 0 Å². The molecular formula is C22H29N3O3S. The number of nitrogens with one attached hydrogen (secondary N) is 1. The van der Waals surface area contributed by atoms with Gasteiger partial charge in [-0.25, -0.2) is 4.98 Å². The summed E-state index contributed by atoms with van der Waals surface area (Å²) < 4.78 is 6.05. The van der Waals surface area contributed by atoms with E-state index in [2.05, 4.69) is 15.2 Å². The van der Waals surface area contributed by atoms with Gasteiger partial charge in [-0.3, -0.25) is 9.59 Å². The molecule has 7 rings (SSSR count). The predicted molar refractivity (Wildman–Crippen MR) is 108 cm³/mol. The highest BCUT2D eigenvalue weighted by Crippen LogP contribution is 2.60. The molecule has 0 unspecified atom stereocenters. The van der Waals surface area contributed by atoms with E-state index < -0.39 is 0 Å². The van der Waals surface area contributed by atoms with Crippen molar-refractivity contribution in [2.75, 3.05) is 26.2 Å². The Morgan fingerprint density at radius 3 is 2.55 bits per heavy atom. The van der Waals surface area contributed by atoms with E-state index in [-0.39, 0.29) is 23.3 Å². The van der Waals surface area contributed by atoms with Crippen LogP contribution in [0.2, 0.25) is 0 Å². The van der Waals surface area contributed by atoms with Gasteiger partial charge in [0.2, 0.25) is 5.91 Å². The van der Waals surface area contributed by atoms with Crippen LogP contribution < -0.4 is 5.32 Å². The van der Waals surface area contributed by atoms with Gasteiger partial charge in [0.25, 0.3) is 5.91 Å². The monoisotopic (exact) mass is 415 g/mol. The second-order valence-electron chi connectivity index (χ2n) is 10.3. The van der Waals surface area contributed by atoms with Gasteiger partial charge in [-0.15, -0.1) is 11.3 Å². The summed E-state index contributed by atoms with van der Waals surface area (Å²) in [6.07, 6.45) is 7.59. The summed E-state index contributed by atoms with van der Waals surface area (Å²) in [6.45, 7) is 2.80. The summed E-state index contributed by atoms with van der Waals surface area (Å²) in [7, 11) is 0. The van der Waals surface area contributed by atoms with Gasteiger partial charge in [-0.2, -0.15) is 0 Å². The van der Waals surface area contributed by atoms with Crippen LogP contribution in [0.5, 0.6) is 0 Å². The quantitative estimate of drug-likeness (QED) is 0.820. The second-order valence-corrected chi connectivity index (χ2v) is 11.0. The Morgan fingerprint density at radius 2 is 1.90 bits per heavy atom. The van der Waals surface area contributed by atoms with Gasteiger partial charge in [-0.1, -0.05) is 0 Å². The number of hydrogen-bond acceptors (Lipinski definition) is 5. The third kappa shape index (κ3) is 3.03. The third-order valence-electron chi connectivity index (χ3n) is 8.41. The zero-order valence-corrected chi connectivity index (χ0v) is 17.5. The summed E-state index contributed by atoms with van der Waals surface area (Å²) in [4.78, 5) is 32.1. The van der Waals surface area contributed by atoms with E-state index in [0.717, 1.165) is 50.1 Å². The molecule has 6 fully saturated rings. The number of ether oxygens (including phenoxy) is 1. The highest BCUT2D eigenvalue weighted by Gasteiger charge is 2.57. The molecule has 4 aliphatic carbocycles. The van der Waals surface area contributed by atoms with Gasteiger partial charge in [0, 0.05) is 36.9 Å².